The number of carbonyl (C=O) groups excluding carboxylic acids is 2. The van der Waals surface area contributed by atoms with Gasteiger partial charge in [-0.25, -0.2) is 4.79 Å². The van der Waals surface area contributed by atoms with Gasteiger partial charge in [0.05, 0.1) is 19.2 Å². The third-order valence-electron chi connectivity index (χ3n) is 4.07. The zero-order valence-electron chi connectivity index (χ0n) is 14.1. The first kappa shape index (κ1) is 17.3. The Kier molecular flexibility index (Phi) is 5.58. The normalized spacial score (nSPS) is 18.8. The van der Waals surface area contributed by atoms with E-state index in [-0.39, 0.29) is 25.0 Å². The zero-order chi connectivity index (χ0) is 17.6. The summed E-state index contributed by atoms with van der Waals surface area (Å²) in [7, 11) is 0. The number of carbonyl (C=O) groups is 2. The molecule has 1 fully saturated rings. The molecule has 0 saturated carbocycles. The lowest BCUT2D eigenvalue weighted by molar-refractivity contribution is -0.144. The van der Waals surface area contributed by atoms with Crippen LogP contribution in [0.5, 0.6) is 0 Å². The van der Waals surface area contributed by atoms with Crippen LogP contribution in [0, 0.1) is 0 Å². The van der Waals surface area contributed by atoms with Gasteiger partial charge in [0.1, 0.15) is 0 Å². The highest BCUT2D eigenvalue weighted by atomic mass is 16.6. The molecule has 2 atom stereocenters. The second-order valence-corrected chi connectivity index (χ2v) is 5.83. The lowest BCUT2D eigenvalue weighted by Crippen LogP contribution is -2.32. The van der Waals surface area contributed by atoms with Crippen molar-refractivity contribution in [1.82, 2.24) is 5.32 Å². The number of hydrogen-bond acceptors (Lipinski definition) is 5. The van der Waals surface area contributed by atoms with E-state index in [9.17, 15) is 9.59 Å². The third kappa shape index (κ3) is 4.32. The molecule has 0 aliphatic carbocycles. The van der Waals surface area contributed by atoms with Crippen molar-refractivity contribution in [2.24, 2.45) is 0 Å². The van der Waals surface area contributed by atoms with Gasteiger partial charge < -0.3 is 9.47 Å². The molecule has 1 unspecified atom stereocenters. The molecule has 1 N–H and O–H groups in total. The molecule has 130 valence electrons. The highest BCUT2D eigenvalue weighted by Crippen LogP contribution is 2.25. The van der Waals surface area contributed by atoms with Gasteiger partial charge in [-0.05, 0) is 18.1 Å². The SMILES string of the molecule is CCOC(=O)[C@H]1OC1C(=O)CNC(c1ccccc1)c1ccccc1. The Morgan fingerprint density at radius 3 is 2.08 bits per heavy atom. The van der Waals surface area contributed by atoms with Crippen molar-refractivity contribution in [3.8, 4) is 0 Å². The standard InChI is InChI=1S/C20H21NO4/c1-2-24-20(23)19-18(25-19)16(22)13-21-17(14-9-5-3-6-10-14)15-11-7-4-8-12-15/h3-12,17-19,21H,2,13H2,1H3/t18?,19-/m0/s1. The summed E-state index contributed by atoms with van der Waals surface area (Å²) in [5.41, 5.74) is 2.14. The smallest absolute Gasteiger partial charge is 0.338 e. The Morgan fingerprint density at radius 1 is 1.00 bits per heavy atom. The highest BCUT2D eigenvalue weighted by molar-refractivity contribution is 5.95. The van der Waals surface area contributed by atoms with Crippen LogP contribution in [0.15, 0.2) is 60.7 Å². The fourth-order valence-corrected chi connectivity index (χ4v) is 2.78. The van der Waals surface area contributed by atoms with E-state index in [2.05, 4.69) is 5.32 Å². The lowest BCUT2D eigenvalue weighted by Gasteiger charge is -2.19. The predicted octanol–water partition coefficient (Wildman–Crippen LogP) is 2.27. The van der Waals surface area contributed by atoms with Crippen molar-refractivity contribution in [2.45, 2.75) is 25.2 Å². The quantitative estimate of drug-likeness (QED) is 0.590. The molecule has 0 spiro atoms. The van der Waals surface area contributed by atoms with E-state index in [1.807, 2.05) is 60.7 Å². The summed E-state index contributed by atoms with van der Waals surface area (Å²) in [5, 5.41) is 3.28. The molecule has 0 bridgehead atoms. The van der Waals surface area contributed by atoms with Gasteiger partial charge in [0.2, 0.25) is 0 Å². The predicted molar refractivity (Wildman–Crippen MR) is 93.0 cm³/mol. The molecule has 2 aromatic carbocycles. The van der Waals surface area contributed by atoms with Gasteiger partial charge >= 0.3 is 5.97 Å². The van der Waals surface area contributed by atoms with Gasteiger partial charge in [-0.15, -0.1) is 0 Å². The Morgan fingerprint density at radius 2 is 1.56 bits per heavy atom. The maximum absolute atomic E-state index is 12.3. The van der Waals surface area contributed by atoms with Gasteiger partial charge in [-0.1, -0.05) is 60.7 Å². The average molecular weight is 339 g/mol. The lowest BCUT2D eigenvalue weighted by atomic mass is 9.98. The summed E-state index contributed by atoms with van der Waals surface area (Å²) in [6, 6.07) is 19.8. The van der Waals surface area contributed by atoms with Crippen molar-refractivity contribution in [1.29, 1.82) is 0 Å². The van der Waals surface area contributed by atoms with Crippen molar-refractivity contribution in [2.75, 3.05) is 13.2 Å². The van der Waals surface area contributed by atoms with E-state index >= 15 is 0 Å². The fraction of sp³-hybridized carbons (Fsp3) is 0.300. The van der Waals surface area contributed by atoms with E-state index in [0.717, 1.165) is 11.1 Å². The highest BCUT2D eigenvalue weighted by Gasteiger charge is 2.50. The van der Waals surface area contributed by atoms with Crippen LogP contribution in [0.1, 0.15) is 24.1 Å². The Hall–Kier alpha value is -2.50. The van der Waals surface area contributed by atoms with Crippen LogP contribution < -0.4 is 5.32 Å². The van der Waals surface area contributed by atoms with Gasteiger partial charge in [0.15, 0.2) is 18.0 Å². The first-order valence-corrected chi connectivity index (χ1v) is 8.38. The van der Waals surface area contributed by atoms with E-state index in [1.165, 1.54) is 0 Å². The van der Waals surface area contributed by atoms with Gasteiger partial charge in [0, 0.05) is 0 Å². The monoisotopic (exact) mass is 339 g/mol. The van der Waals surface area contributed by atoms with Crippen molar-refractivity contribution >= 4 is 11.8 Å². The molecule has 3 rings (SSSR count). The van der Waals surface area contributed by atoms with Gasteiger partial charge in [0.25, 0.3) is 0 Å². The van der Waals surface area contributed by atoms with Crippen LogP contribution in [0.2, 0.25) is 0 Å². The molecule has 5 heteroatoms. The number of hydrogen-bond donors (Lipinski definition) is 1. The topological polar surface area (TPSA) is 67.9 Å². The summed E-state index contributed by atoms with van der Waals surface area (Å²) in [5.74, 6) is -0.613. The van der Waals surface area contributed by atoms with Crippen molar-refractivity contribution in [3.63, 3.8) is 0 Å². The second-order valence-electron chi connectivity index (χ2n) is 5.83. The maximum atomic E-state index is 12.3. The molecular weight excluding hydrogens is 318 g/mol. The molecule has 0 aromatic heterocycles. The van der Waals surface area contributed by atoms with E-state index in [0.29, 0.717) is 0 Å². The van der Waals surface area contributed by atoms with Crippen LogP contribution in [0.4, 0.5) is 0 Å². The number of epoxide rings is 1. The summed E-state index contributed by atoms with van der Waals surface area (Å²) >= 11 is 0. The maximum Gasteiger partial charge on any atom is 0.338 e. The fourth-order valence-electron chi connectivity index (χ4n) is 2.78. The molecular formula is C20H21NO4. The first-order valence-electron chi connectivity index (χ1n) is 8.38. The van der Waals surface area contributed by atoms with E-state index < -0.39 is 18.2 Å². The van der Waals surface area contributed by atoms with Crippen LogP contribution in [0.25, 0.3) is 0 Å². The van der Waals surface area contributed by atoms with Gasteiger partial charge in [-0.3, -0.25) is 10.1 Å². The third-order valence-corrected chi connectivity index (χ3v) is 4.07. The molecule has 5 nitrogen and oxygen atoms in total. The van der Waals surface area contributed by atoms with Crippen molar-refractivity contribution in [3.05, 3.63) is 71.8 Å². The molecule has 0 radical (unpaired) electrons. The number of esters is 1. The minimum atomic E-state index is -0.749. The summed E-state index contributed by atoms with van der Waals surface area (Å²) in [4.78, 5) is 23.9. The molecule has 1 aliphatic rings. The van der Waals surface area contributed by atoms with Gasteiger partial charge in [-0.2, -0.15) is 0 Å². The van der Waals surface area contributed by atoms with E-state index in [4.69, 9.17) is 9.47 Å². The van der Waals surface area contributed by atoms with Crippen LogP contribution >= 0.6 is 0 Å². The summed E-state index contributed by atoms with van der Waals surface area (Å²) in [6.45, 7) is 2.12. The molecule has 2 aromatic rings. The number of rotatable bonds is 8. The average Bonchev–Trinajstić information content (AvgIpc) is 3.45. The van der Waals surface area contributed by atoms with Crippen LogP contribution in [0.3, 0.4) is 0 Å². The number of ketones is 1. The Bertz CT molecular complexity index is 677. The Labute approximate surface area is 147 Å². The number of benzene rings is 2. The Balaban J connectivity index is 1.64. The first-order chi connectivity index (χ1) is 12.2. The molecule has 1 heterocycles. The molecule has 1 aliphatic heterocycles. The van der Waals surface area contributed by atoms with Crippen LogP contribution in [-0.2, 0) is 19.1 Å². The molecule has 0 amide bonds. The zero-order valence-corrected chi connectivity index (χ0v) is 14.1. The number of nitrogens with one attached hydrogen (secondary N) is 1. The number of ether oxygens (including phenoxy) is 2. The molecule has 25 heavy (non-hydrogen) atoms. The van der Waals surface area contributed by atoms with Crippen LogP contribution in [-0.4, -0.2) is 37.1 Å². The van der Waals surface area contributed by atoms with E-state index in [1.54, 1.807) is 6.92 Å². The summed E-state index contributed by atoms with van der Waals surface area (Å²) in [6.07, 6.45) is -1.44. The molecule has 1 saturated heterocycles. The summed E-state index contributed by atoms with van der Waals surface area (Å²) < 4.78 is 10.0. The minimum Gasteiger partial charge on any atom is -0.464 e. The largest absolute Gasteiger partial charge is 0.464 e. The minimum absolute atomic E-state index is 0.105. The second kappa shape index (κ2) is 8.05. The number of Topliss-reactive ketones (excluding diaryl/α,β-unsaturated/α-hetero) is 1. The van der Waals surface area contributed by atoms with Crippen molar-refractivity contribution < 1.29 is 19.1 Å².